The quantitative estimate of drug-likeness (QED) is 0.834. The summed E-state index contributed by atoms with van der Waals surface area (Å²) in [6.45, 7) is 6.78. The van der Waals surface area contributed by atoms with Crippen molar-refractivity contribution in [2.75, 3.05) is 26.2 Å². The molecule has 0 bridgehead atoms. The van der Waals surface area contributed by atoms with Gasteiger partial charge in [-0.05, 0) is 55.5 Å². The predicted octanol–water partition coefficient (Wildman–Crippen LogP) is 3.41. The lowest BCUT2D eigenvalue weighted by atomic mass is 9.82. The first kappa shape index (κ1) is 18.9. The van der Waals surface area contributed by atoms with Crippen molar-refractivity contribution in [2.24, 2.45) is 0 Å². The summed E-state index contributed by atoms with van der Waals surface area (Å²) < 4.78 is 5.45. The van der Waals surface area contributed by atoms with E-state index in [-0.39, 0.29) is 0 Å². The van der Waals surface area contributed by atoms with Crippen LogP contribution in [0.4, 0.5) is 0 Å². The minimum absolute atomic E-state index is 0.532. The van der Waals surface area contributed by atoms with Crippen LogP contribution in [0.1, 0.15) is 42.6 Å². The van der Waals surface area contributed by atoms with Crippen LogP contribution in [0.2, 0.25) is 0 Å². The van der Waals surface area contributed by atoms with Crippen LogP contribution in [0.15, 0.2) is 48.5 Å². The molecule has 1 aliphatic rings. The van der Waals surface area contributed by atoms with E-state index in [4.69, 9.17) is 4.74 Å². The number of rotatable bonds is 6. The zero-order valence-corrected chi connectivity index (χ0v) is 15.7. The molecule has 1 unspecified atom stereocenters. The van der Waals surface area contributed by atoms with Gasteiger partial charge < -0.3 is 19.8 Å². The minimum Gasteiger partial charge on any atom is -0.494 e. The van der Waals surface area contributed by atoms with Crippen LogP contribution in [0.3, 0.4) is 0 Å². The SMILES string of the molecule is CCOc1ccc(C(O)CN2CCC(O)(c3ccccc3C)CC2)cc1. The standard InChI is InChI=1S/C22H29NO3/c1-3-26-19-10-8-18(9-11-19)21(24)16-23-14-12-22(25,13-15-23)20-7-5-4-6-17(20)2/h4-11,21,24-25H,3,12-16H2,1-2H3. The second-order valence-electron chi connectivity index (χ2n) is 7.16. The van der Waals surface area contributed by atoms with Gasteiger partial charge >= 0.3 is 0 Å². The summed E-state index contributed by atoms with van der Waals surface area (Å²) in [6, 6.07) is 15.7. The van der Waals surface area contributed by atoms with Crippen LogP contribution >= 0.6 is 0 Å². The number of benzene rings is 2. The Morgan fingerprint density at radius 1 is 1.08 bits per heavy atom. The molecule has 1 aliphatic heterocycles. The minimum atomic E-state index is -0.758. The molecule has 0 spiro atoms. The van der Waals surface area contributed by atoms with Crippen molar-refractivity contribution in [2.45, 2.75) is 38.4 Å². The van der Waals surface area contributed by atoms with E-state index in [1.807, 2.05) is 49.4 Å². The van der Waals surface area contributed by atoms with Crippen LogP contribution in [0.25, 0.3) is 0 Å². The van der Waals surface area contributed by atoms with Crippen LogP contribution < -0.4 is 4.74 Å². The van der Waals surface area contributed by atoms with E-state index in [1.165, 1.54) is 0 Å². The number of likely N-dealkylation sites (tertiary alicyclic amines) is 1. The molecule has 1 fully saturated rings. The Morgan fingerprint density at radius 3 is 2.35 bits per heavy atom. The van der Waals surface area contributed by atoms with Crippen LogP contribution in [-0.2, 0) is 5.60 Å². The van der Waals surface area contributed by atoms with Gasteiger partial charge in [0.25, 0.3) is 0 Å². The average Bonchev–Trinajstić information content (AvgIpc) is 2.65. The van der Waals surface area contributed by atoms with E-state index < -0.39 is 11.7 Å². The molecule has 140 valence electrons. The second-order valence-corrected chi connectivity index (χ2v) is 7.16. The summed E-state index contributed by atoms with van der Waals surface area (Å²) in [5.41, 5.74) is 2.31. The fourth-order valence-electron chi connectivity index (χ4n) is 3.77. The summed E-state index contributed by atoms with van der Waals surface area (Å²) in [7, 11) is 0. The van der Waals surface area contributed by atoms with Gasteiger partial charge in [0.05, 0.1) is 18.3 Å². The Hall–Kier alpha value is -1.88. The molecule has 1 atom stereocenters. The summed E-state index contributed by atoms with van der Waals surface area (Å²) in [6.07, 6.45) is 0.845. The molecule has 1 heterocycles. The smallest absolute Gasteiger partial charge is 0.119 e. The van der Waals surface area contributed by atoms with Crippen LogP contribution in [-0.4, -0.2) is 41.4 Å². The molecule has 0 aromatic heterocycles. The molecule has 0 saturated carbocycles. The van der Waals surface area contributed by atoms with Gasteiger partial charge in [0, 0.05) is 19.6 Å². The number of aliphatic hydroxyl groups is 2. The van der Waals surface area contributed by atoms with Gasteiger partial charge in [-0.2, -0.15) is 0 Å². The zero-order chi connectivity index (χ0) is 18.6. The molecule has 0 radical (unpaired) electrons. The van der Waals surface area contributed by atoms with Gasteiger partial charge in [-0.3, -0.25) is 0 Å². The zero-order valence-electron chi connectivity index (χ0n) is 15.7. The maximum Gasteiger partial charge on any atom is 0.119 e. The third-order valence-corrected chi connectivity index (χ3v) is 5.34. The van der Waals surface area contributed by atoms with Crippen molar-refractivity contribution in [3.05, 3.63) is 65.2 Å². The summed E-state index contributed by atoms with van der Waals surface area (Å²) in [4.78, 5) is 2.23. The molecule has 1 saturated heterocycles. The first-order valence-corrected chi connectivity index (χ1v) is 9.43. The van der Waals surface area contributed by atoms with Crippen molar-refractivity contribution < 1.29 is 14.9 Å². The highest BCUT2D eigenvalue weighted by atomic mass is 16.5. The van der Waals surface area contributed by atoms with Gasteiger partial charge in [0.1, 0.15) is 5.75 Å². The summed E-state index contributed by atoms with van der Waals surface area (Å²) in [5, 5.41) is 21.6. The number of hydrogen-bond acceptors (Lipinski definition) is 4. The van der Waals surface area contributed by atoms with Crippen molar-refractivity contribution >= 4 is 0 Å². The monoisotopic (exact) mass is 355 g/mol. The number of β-amino-alcohol motifs (C(OH)–C–C–N with tert-alkyl or cyclic N) is 1. The van der Waals surface area contributed by atoms with Crippen LogP contribution in [0, 0.1) is 6.92 Å². The Kier molecular flexibility index (Phi) is 5.97. The molecule has 0 amide bonds. The molecular formula is C22H29NO3. The Bertz CT molecular complexity index is 706. The lowest BCUT2D eigenvalue weighted by Gasteiger charge is -2.39. The number of aryl methyl sites for hydroxylation is 1. The van der Waals surface area contributed by atoms with Crippen molar-refractivity contribution in [3.63, 3.8) is 0 Å². The summed E-state index contributed by atoms with van der Waals surface area (Å²) >= 11 is 0. The molecule has 3 rings (SSSR count). The highest BCUT2D eigenvalue weighted by molar-refractivity contribution is 5.32. The maximum absolute atomic E-state index is 11.1. The van der Waals surface area contributed by atoms with E-state index in [1.54, 1.807) is 0 Å². The number of piperidine rings is 1. The molecule has 2 aromatic carbocycles. The van der Waals surface area contributed by atoms with E-state index >= 15 is 0 Å². The average molecular weight is 355 g/mol. The highest BCUT2D eigenvalue weighted by Gasteiger charge is 2.35. The Labute approximate surface area is 156 Å². The van der Waals surface area contributed by atoms with E-state index in [0.717, 1.165) is 35.5 Å². The van der Waals surface area contributed by atoms with E-state index in [9.17, 15) is 10.2 Å². The first-order valence-electron chi connectivity index (χ1n) is 9.43. The number of hydrogen-bond donors (Lipinski definition) is 2. The molecule has 2 aromatic rings. The van der Waals surface area contributed by atoms with Gasteiger partial charge in [-0.25, -0.2) is 0 Å². The highest BCUT2D eigenvalue weighted by Crippen LogP contribution is 2.35. The third kappa shape index (κ3) is 4.26. The van der Waals surface area contributed by atoms with Gasteiger partial charge in [-0.15, -0.1) is 0 Å². The lowest BCUT2D eigenvalue weighted by molar-refractivity contribution is -0.0348. The fourth-order valence-corrected chi connectivity index (χ4v) is 3.77. The van der Waals surface area contributed by atoms with E-state index in [0.29, 0.717) is 26.0 Å². The number of nitrogens with zero attached hydrogens (tertiary/aromatic N) is 1. The Morgan fingerprint density at radius 2 is 1.73 bits per heavy atom. The molecule has 26 heavy (non-hydrogen) atoms. The number of ether oxygens (including phenoxy) is 1. The normalized spacial score (nSPS) is 18.5. The fraction of sp³-hybridized carbons (Fsp3) is 0.455. The van der Waals surface area contributed by atoms with E-state index in [2.05, 4.69) is 17.9 Å². The van der Waals surface area contributed by atoms with Crippen molar-refractivity contribution in [1.29, 1.82) is 0 Å². The third-order valence-electron chi connectivity index (χ3n) is 5.34. The largest absolute Gasteiger partial charge is 0.494 e. The predicted molar refractivity (Wildman–Crippen MR) is 103 cm³/mol. The first-order chi connectivity index (χ1) is 12.5. The number of aliphatic hydroxyl groups excluding tert-OH is 1. The van der Waals surface area contributed by atoms with Crippen molar-refractivity contribution in [3.8, 4) is 5.75 Å². The van der Waals surface area contributed by atoms with Crippen molar-refractivity contribution in [1.82, 2.24) is 4.90 Å². The maximum atomic E-state index is 11.1. The Balaban J connectivity index is 1.57. The molecule has 0 aliphatic carbocycles. The molecule has 4 nitrogen and oxygen atoms in total. The van der Waals surface area contributed by atoms with Gasteiger partial charge in [0.2, 0.25) is 0 Å². The molecular weight excluding hydrogens is 326 g/mol. The second kappa shape index (κ2) is 8.21. The molecule has 4 heteroatoms. The van der Waals surface area contributed by atoms with Gasteiger partial charge in [0.15, 0.2) is 0 Å². The van der Waals surface area contributed by atoms with Crippen LogP contribution in [0.5, 0.6) is 5.75 Å². The summed E-state index contributed by atoms with van der Waals surface area (Å²) in [5.74, 6) is 0.824. The lowest BCUT2D eigenvalue weighted by Crippen LogP contribution is -2.44. The topological polar surface area (TPSA) is 52.9 Å². The van der Waals surface area contributed by atoms with Gasteiger partial charge in [-0.1, -0.05) is 36.4 Å². The molecule has 2 N–H and O–H groups in total.